The van der Waals surface area contributed by atoms with Crippen LogP contribution < -0.4 is 0 Å². The smallest absolute Gasteiger partial charge is 0.330 e. The number of hydrogen-bond donors (Lipinski definition) is 1. The minimum absolute atomic E-state index is 0.0876. The van der Waals surface area contributed by atoms with Gasteiger partial charge in [0.1, 0.15) is 0 Å². The molecule has 4 heteroatoms. The monoisotopic (exact) mass is 183 g/mol. The van der Waals surface area contributed by atoms with Crippen molar-refractivity contribution in [2.45, 2.75) is 32.7 Å². The van der Waals surface area contributed by atoms with Crippen molar-refractivity contribution in [3.8, 4) is 0 Å². The largest absolute Gasteiger partial charge is 0.478 e. The van der Waals surface area contributed by atoms with E-state index in [1.807, 2.05) is 0 Å². The maximum absolute atomic E-state index is 10.3. The number of aliphatic carboxylic acids is 1. The van der Waals surface area contributed by atoms with Gasteiger partial charge in [-0.3, -0.25) is 0 Å². The summed E-state index contributed by atoms with van der Waals surface area (Å²) in [6, 6.07) is -0.0876. The highest BCUT2D eigenvalue weighted by Gasteiger charge is 2.00. The van der Waals surface area contributed by atoms with Gasteiger partial charge in [-0.2, -0.15) is 0 Å². The number of isocyanates is 1. The number of carbonyl (C=O) groups is 1. The second-order valence-electron chi connectivity index (χ2n) is 2.84. The molecule has 0 rings (SSSR count). The first-order chi connectivity index (χ1) is 6.07. The molecule has 1 N–H and O–H groups in total. The molecule has 0 fully saturated rings. The predicted molar refractivity (Wildman–Crippen MR) is 48.2 cm³/mol. The molecule has 72 valence electrons. The van der Waals surface area contributed by atoms with Crippen molar-refractivity contribution in [1.82, 2.24) is 0 Å². The topological polar surface area (TPSA) is 66.7 Å². The molecule has 0 radical (unpaired) electrons. The van der Waals surface area contributed by atoms with Crippen LogP contribution in [-0.4, -0.2) is 23.2 Å². The van der Waals surface area contributed by atoms with E-state index in [9.17, 15) is 9.59 Å². The highest BCUT2D eigenvalue weighted by atomic mass is 16.4. The summed E-state index contributed by atoms with van der Waals surface area (Å²) in [5, 5.41) is 8.50. The van der Waals surface area contributed by atoms with Crippen molar-refractivity contribution < 1.29 is 14.7 Å². The van der Waals surface area contributed by atoms with Gasteiger partial charge in [-0.1, -0.05) is 6.08 Å². The van der Waals surface area contributed by atoms with Gasteiger partial charge in [-0.25, -0.2) is 14.6 Å². The number of allylic oxidation sites excluding steroid dienone is 1. The summed E-state index contributed by atoms with van der Waals surface area (Å²) in [4.78, 5) is 23.7. The van der Waals surface area contributed by atoms with Crippen molar-refractivity contribution in [1.29, 1.82) is 0 Å². The number of aliphatic imine (C=N–C) groups is 1. The second kappa shape index (κ2) is 6.14. The van der Waals surface area contributed by atoms with Gasteiger partial charge in [-0.05, 0) is 26.7 Å². The van der Waals surface area contributed by atoms with E-state index in [1.165, 1.54) is 13.0 Å². The molecule has 0 aliphatic carbocycles. The van der Waals surface area contributed by atoms with E-state index >= 15 is 0 Å². The third-order valence-electron chi connectivity index (χ3n) is 1.65. The molecule has 0 saturated carbocycles. The fourth-order valence-electron chi connectivity index (χ4n) is 0.783. The number of carboxylic acid groups (broad SMARTS) is 1. The summed E-state index contributed by atoms with van der Waals surface area (Å²) in [7, 11) is 0. The maximum atomic E-state index is 10.3. The van der Waals surface area contributed by atoms with Gasteiger partial charge in [0, 0.05) is 5.57 Å². The molecule has 0 bridgehead atoms. The maximum Gasteiger partial charge on any atom is 0.330 e. The van der Waals surface area contributed by atoms with Crippen LogP contribution in [0.4, 0.5) is 0 Å². The summed E-state index contributed by atoms with van der Waals surface area (Å²) in [5.41, 5.74) is 0.322. The van der Waals surface area contributed by atoms with Crippen LogP contribution in [0.25, 0.3) is 0 Å². The van der Waals surface area contributed by atoms with E-state index in [2.05, 4.69) is 4.99 Å². The standard InChI is InChI=1S/C9H13NO3/c1-7(9(12)13)4-3-5-8(2)10-6-11/h4,8H,3,5H2,1-2H3,(H,12,13). The summed E-state index contributed by atoms with van der Waals surface area (Å²) in [6.45, 7) is 3.32. The zero-order chi connectivity index (χ0) is 10.3. The zero-order valence-corrected chi connectivity index (χ0v) is 7.78. The minimum atomic E-state index is -0.911. The first-order valence-corrected chi connectivity index (χ1v) is 4.05. The number of nitrogens with zero attached hydrogens (tertiary/aromatic N) is 1. The molecule has 0 aromatic carbocycles. The molecule has 13 heavy (non-hydrogen) atoms. The summed E-state index contributed by atoms with van der Waals surface area (Å²) in [5.74, 6) is -0.911. The third kappa shape index (κ3) is 5.82. The van der Waals surface area contributed by atoms with Crippen molar-refractivity contribution >= 4 is 12.0 Å². The van der Waals surface area contributed by atoms with E-state index in [0.29, 0.717) is 18.4 Å². The average Bonchev–Trinajstić information content (AvgIpc) is 2.04. The van der Waals surface area contributed by atoms with Crippen LogP contribution in [0, 0.1) is 0 Å². The molecule has 0 heterocycles. The number of carboxylic acids is 1. The lowest BCUT2D eigenvalue weighted by Crippen LogP contribution is -1.98. The van der Waals surface area contributed by atoms with Crippen LogP contribution in [0.15, 0.2) is 16.6 Å². The van der Waals surface area contributed by atoms with Gasteiger partial charge in [0.25, 0.3) is 0 Å². The van der Waals surface area contributed by atoms with Gasteiger partial charge < -0.3 is 5.11 Å². The lowest BCUT2D eigenvalue weighted by atomic mass is 10.1. The zero-order valence-electron chi connectivity index (χ0n) is 7.78. The minimum Gasteiger partial charge on any atom is -0.478 e. The SMILES string of the molecule is CC(=CCCC(C)N=C=O)C(=O)O. The molecule has 1 atom stereocenters. The van der Waals surface area contributed by atoms with Crippen molar-refractivity contribution in [2.75, 3.05) is 0 Å². The molecular weight excluding hydrogens is 170 g/mol. The Bertz CT molecular complexity index is 252. The molecule has 0 aromatic heterocycles. The van der Waals surface area contributed by atoms with Crippen molar-refractivity contribution in [3.05, 3.63) is 11.6 Å². The number of rotatable bonds is 5. The van der Waals surface area contributed by atoms with Crippen molar-refractivity contribution in [2.24, 2.45) is 4.99 Å². The van der Waals surface area contributed by atoms with E-state index in [-0.39, 0.29) is 6.04 Å². The van der Waals surface area contributed by atoms with Gasteiger partial charge in [-0.15, -0.1) is 0 Å². The van der Waals surface area contributed by atoms with E-state index in [4.69, 9.17) is 5.11 Å². The van der Waals surface area contributed by atoms with E-state index < -0.39 is 5.97 Å². The lowest BCUT2D eigenvalue weighted by molar-refractivity contribution is -0.132. The van der Waals surface area contributed by atoms with Crippen LogP contribution in [0.2, 0.25) is 0 Å². The fourth-order valence-corrected chi connectivity index (χ4v) is 0.783. The van der Waals surface area contributed by atoms with Gasteiger partial charge in [0.05, 0.1) is 6.04 Å². The Morgan fingerprint density at radius 2 is 2.31 bits per heavy atom. The Kier molecular flexibility index (Phi) is 5.48. The molecular formula is C9H13NO3. The fraction of sp³-hybridized carbons (Fsp3) is 0.556. The Morgan fingerprint density at radius 3 is 2.77 bits per heavy atom. The van der Waals surface area contributed by atoms with Gasteiger partial charge in [0.15, 0.2) is 0 Å². The molecule has 0 spiro atoms. The Balaban J connectivity index is 3.84. The molecule has 0 aromatic rings. The normalized spacial score (nSPS) is 13.2. The van der Waals surface area contributed by atoms with Crippen LogP contribution in [0.1, 0.15) is 26.7 Å². The summed E-state index contributed by atoms with van der Waals surface area (Å²) in [6.07, 6.45) is 4.37. The second-order valence-corrected chi connectivity index (χ2v) is 2.84. The van der Waals surface area contributed by atoms with E-state index in [1.54, 1.807) is 13.0 Å². The molecule has 0 saturated heterocycles. The summed E-state index contributed by atoms with van der Waals surface area (Å²) >= 11 is 0. The molecule has 1 unspecified atom stereocenters. The molecule has 0 amide bonds. The Morgan fingerprint density at radius 1 is 1.69 bits per heavy atom. The quantitative estimate of drug-likeness (QED) is 0.399. The van der Waals surface area contributed by atoms with Gasteiger partial charge >= 0.3 is 5.97 Å². The third-order valence-corrected chi connectivity index (χ3v) is 1.65. The Hall–Kier alpha value is -1.41. The van der Waals surface area contributed by atoms with Crippen LogP contribution in [-0.2, 0) is 9.59 Å². The van der Waals surface area contributed by atoms with E-state index in [0.717, 1.165) is 0 Å². The predicted octanol–water partition coefficient (Wildman–Crippen LogP) is 1.52. The first-order valence-electron chi connectivity index (χ1n) is 4.05. The first kappa shape index (κ1) is 11.6. The lowest BCUT2D eigenvalue weighted by Gasteiger charge is -1.99. The number of carbonyl (C=O) groups excluding carboxylic acids is 1. The van der Waals surface area contributed by atoms with Crippen LogP contribution in [0.5, 0.6) is 0 Å². The highest BCUT2D eigenvalue weighted by Crippen LogP contribution is 2.03. The van der Waals surface area contributed by atoms with Crippen LogP contribution in [0.3, 0.4) is 0 Å². The average molecular weight is 183 g/mol. The molecule has 0 aliphatic heterocycles. The highest BCUT2D eigenvalue weighted by molar-refractivity contribution is 5.85. The Labute approximate surface area is 77.0 Å². The number of hydrogen-bond acceptors (Lipinski definition) is 3. The van der Waals surface area contributed by atoms with Gasteiger partial charge in [0.2, 0.25) is 6.08 Å². The molecule has 0 aliphatic rings. The van der Waals surface area contributed by atoms with Crippen LogP contribution >= 0.6 is 0 Å². The molecule has 4 nitrogen and oxygen atoms in total. The van der Waals surface area contributed by atoms with Crippen molar-refractivity contribution in [3.63, 3.8) is 0 Å². The summed E-state index contributed by atoms with van der Waals surface area (Å²) < 4.78 is 0.